The molecule has 1 unspecified atom stereocenters. The highest BCUT2D eigenvalue weighted by atomic mass is 35.5. The van der Waals surface area contributed by atoms with E-state index in [1.807, 2.05) is 0 Å². The molecule has 0 spiro atoms. The van der Waals surface area contributed by atoms with Crippen LogP contribution in [0.3, 0.4) is 0 Å². The third-order valence-electron chi connectivity index (χ3n) is 5.18. The molecule has 0 bridgehead atoms. The highest BCUT2D eigenvalue weighted by Crippen LogP contribution is 2.35. The molecule has 0 aromatic heterocycles. The molecule has 2 saturated heterocycles. The number of likely N-dealkylation sites (tertiary alicyclic amines) is 2. The fraction of sp³-hybridized carbons (Fsp3) is 0.500. The van der Waals surface area contributed by atoms with Gasteiger partial charge in [-0.15, -0.1) is 0 Å². The van der Waals surface area contributed by atoms with Crippen molar-refractivity contribution in [2.24, 2.45) is 5.92 Å². The van der Waals surface area contributed by atoms with Crippen molar-refractivity contribution in [3.8, 4) is 5.75 Å². The van der Waals surface area contributed by atoms with E-state index >= 15 is 0 Å². The van der Waals surface area contributed by atoms with Crippen molar-refractivity contribution in [3.63, 3.8) is 0 Å². The van der Waals surface area contributed by atoms with E-state index < -0.39 is 11.9 Å². The Morgan fingerprint density at radius 1 is 1.19 bits per heavy atom. The summed E-state index contributed by atoms with van der Waals surface area (Å²) in [5.41, 5.74) is 0.230. The molecule has 3 rings (SSSR count). The lowest BCUT2D eigenvalue weighted by molar-refractivity contribution is -0.141. The molecule has 1 atom stereocenters. The zero-order chi connectivity index (χ0) is 19.7. The molecule has 2 heterocycles. The van der Waals surface area contributed by atoms with Gasteiger partial charge in [-0.1, -0.05) is 23.2 Å². The third kappa shape index (κ3) is 3.84. The Kier molecular flexibility index (Phi) is 5.81. The van der Waals surface area contributed by atoms with Crippen molar-refractivity contribution < 1.29 is 24.2 Å². The van der Waals surface area contributed by atoms with Crippen LogP contribution in [0.15, 0.2) is 12.1 Å². The Morgan fingerprint density at radius 2 is 1.81 bits per heavy atom. The minimum atomic E-state index is -0.943. The van der Waals surface area contributed by atoms with Crippen molar-refractivity contribution in [3.05, 3.63) is 27.7 Å². The first-order valence-electron chi connectivity index (χ1n) is 8.67. The van der Waals surface area contributed by atoms with Gasteiger partial charge in [-0.05, 0) is 25.0 Å². The molecule has 2 aliphatic rings. The first-order chi connectivity index (χ1) is 12.8. The van der Waals surface area contributed by atoms with Gasteiger partial charge in [0.1, 0.15) is 5.56 Å². The van der Waals surface area contributed by atoms with Gasteiger partial charge in [0, 0.05) is 32.1 Å². The first kappa shape index (κ1) is 19.8. The van der Waals surface area contributed by atoms with Crippen LogP contribution in [0.4, 0.5) is 0 Å². The molecule has 2 amide bonds. The summed E-state index contributed by atoms with van der Waals surface area (Å²) in [6, 6.07) is 3.08. The number of hydrogen-bond acceptors (Lipinski definition) is 4. The molecule has 146 valence electrons. The van der Waals surface area contributed by atoms with Gasteiger partial charge in [0.25, 0.3) is 5.91 Å². The van der Waals surface area contributed by atoms with Gasteiger partial charge in [-0.2, -0.15) is 0 Å². The van der Waals surface area contributed by atoms with Crippen LogP contribution in [0, 0.1) is 5.92 Å². The van der Waals surface area contributed by atoms with E-state index in [0.717, 1.165) is 0 Å². The number of carbonyl (C=O) groups is 3. The zero-order valence-corrected chi connectivity index (χ0v) is 16.3. The summed E-state index contributed by atoms with van der Waals surface area (Å²) in [7, 11) is 1.43. The minimum Gasteiger partial charge on any atom is -0.494 e. The fourth-order valence-corrected chi connectivity index (χ4v) is 4.19. The average Bonchev–Trinajstić information content (AvgIpc) is 3.05. The Balaban J connectivity index is 1.68. The highest BCUT2D eigenvalue weighted by molar-refractivity contribution is 6.37. The van der Waals surface area contributed by atoms with E-state index in [2.05, 4.69) is 0 Å². The van der Waals surface area contributed by atoms with E-state index in [1.54, 1.807) is 21.9 Å². The molecule has 1 aromatic rings. The molecule has 27 heavy (non-hydrogen) atoms. The normalized spacial score (nSPS) is 20.9. The molecule has 1 aromatic carbocycles. The number of nitrogens with zero attached hydrogens (tertiary/aromatic N) is 2. The Hall–Kier alpha value is -1.99. The summed E-state index contributed by atoms with van der Waals surface area (Å²) < 4.78 is 5.25. The predicted molar refractivity (Wildman–Crippen MR) is 99.4 cm³/mol. The quantitative estimate of drug-likeness (QED) is 0.817. The van der Waals surface area contributed by atoms with Crippen LogP contribution in [0.5, 0.6) is 5.75 Å². The number of carboxylic acid groups (broad SMARTS) is 1. The number of rotatable bonds is 4. The summed E-state index contributed by atoms with van der Waals surface area (Å²) in [5, 5.41) is 9.69. The zero-order valence-electron chi connectivity index (χ0n) is 14.8. The second kappa shape index (κ2) is 7.94. The van der Waals surface area contributed by atoms with Crippen molar-refractivity contribution >= 4 is 41.0 Å². The maximum Gasteiger partial charge on any atom is 0.308 e. The maximum atomic E-state index is 12.9. The van der Waals surface area contributed by atoms with E-state index in [9.17, 15) is 14.4 Å². The van der Waals surface area contributed by atoms with Crippen molar-refractivity contribution in [1.29, 1.82) is 0 Å². The monoisotopic (exact) mass is 414 g/mol. The molecular formula is C18H20Cl2N2O5. The van der Waals surface area contributed by atoms with Crippen LogP contribution in [0.25, 0.3) is 0 Å². The van der Waals surface area contributed by atoms with Gasteiger partial charge in [-0.25, -0.2) is 0 Å². The SMILES string of the molecule is COc1c(Cl)ccc(Cl)c1C(=O)N1CCC(N2CC(C(=O)O)CC2=O)CC1. The van der Waals surface area contributed by atoms with E-state index in [4.69, 9.17) is 33.0 Å². The predicted octanol–water partition coefficient (Wildman–Crippen LogP) is 2.54. The molecule has 9 heteroatoms. The Labute approximate surface area is 166 Å². The largest absolute Gasteiger partial charge is 0.494 e. The number of ether oxygens (including phenoxy) is 1. The number of halogens is 2. The second-order valence-corrected chi connectivity index (χ2v) is 7.56. The molecule has 2 fully saturated rings. The third-order valence-corrected chi connectivity index (χ3v) is 5.79. The first-order valence-corrected chi connectivity index (χ1v) is 9.42. The van der Waals surface area contributed by atoms with Gasteiger partial charge in [-0.3, -0.25) is 14.4 Å². The number of aliphatic carboxylic acids is 1. The van der Waals surface area contributed by atoms with Crippen LogP contribution in [-0.4, -0.2) is 65.5 Å². The lowest BCUT2D eigenvalue weighted by Gasteiger charge is -2.37. The molecular weight excluding hydrogens is 395 g/mol. The molecule has 0 saturated carbocycles. The van der Waals surface area contributed by atoms with Crippen LogP contribution in [-0.2, 0) is 9.59 Å². The van der Waals surface area contributed by atoms with Crippen LogP contribution in [0.1, 0.15) is 29.6 Å². The van der Waals surface area contributed by atoms with Gasteiger partial charge in [0.05, 0.1) is 23.1 Å². The van der Waals surface area contributed by atoms with E-state index in [-0.39, 0.29) is 47.2 Å². The van der Waals surface area contributed by atoms with Crippen molar-refractivity contribution in [1.82, 2.24) is 9.80 Å². The average molecular weight is 415 g/mol. The summed E-state index contributed by atoms with van der Waals surface area (Å²) in [5.74, 6) is -1.75. The Bertz CT molecular complexity index is 777. The fourth-order valence-electron chi connectivity index (χ4n) is 3.72. The lowest BCUT2D eigenvalue weighted by atomic mass is 10.0. The molecule has 2 aliphatic heterocycles. The summed E-state index contributed by atoms with van der Waals surface area (Å²) in [6.45, 7) is 1.12. The number of amides is 2. The molecule has 7 nitrogen and oxygen atoms in total. The summed E-state index contributed by atoms with van der Waals surface area (Å²) >= 11 is 12.3. The number of carboxylic acids is 1. The van der Waals surface area contributed by atoms with Crippen molar-refractivity contribution in [2.45, 2.75) is 25.3 Å². The second-order valence-electron chi connectivity index (χ2n) is 6.75. The number of benzene rings is 1. The summed E-state index contributed by atoms with van der Waals surface area (Å²) in [4.78, 5) is 39.5. The van der Waals surface area contributed by atoms with Gasteiger partial charge in [0.15, 0.2) is 5.75 Å². The Morgan fingerprint density at radius 3 is 2.37 bits per heavy atom. The van der Waals surface area contributed by atoms with Gasteiger partial charge < -0.3 is 19.6 Å². The van der Waals surface area contributed by atoms with E-state index in [1.165, 1.54) is 7.11 Å². The lowest BCUT2D eigenvalue weighted by Crippen LogP contribution is -2.47. The van der Waals surface area contributed by atoms with Crippen molar-refractivity contribution in [2.75, 3.05) is 26.7 Å². The van der Waals surface area contributed by atoms with E-state index in [0.29, 0.717) is 31.0 Å². The van der Waals surface area contributed by atoms with Crippen LogP contribution < -0.4 is 4.74 Å². The molecule has 0 aliphatic carbocycles. The van der Waals surface area contributed by atoms with Crippen LogP contribution >= 0.6 is 23.2 Å². The number of carbonyl (C=O) groups excluding carboxylic acids is 2. The number of hydrogen-bond donors (Lipinski definition) is 1. The topological polar surface area (TPSA) is 87.2 Å². The maximum absolute atomic E-state index is 12.9. The number of methoxy groups -OCH3 is 1. The van der Waals surface area contributed by atoms with Gasteiger partial charge in [0.2, 0.25) is 5.91 Å². The minimum absolute atomic E-state index is 0.0454. The smallest absolute Gasteiger partial charge is 0.308 e. The molecule has 1 N–H and O–H groups in total. The number of piperidine rings is 1. The van der Waals surface area contributed by atoms with Gasteiger partial charge >= 0.3 is 5.97 Å². The molecule has 0 radical (unpaired) electrons. The highest BCUT2D eigenvalue weighted by Gasteiger charge is 2.39. The standard InChI is InChI=1S/C18H20Cl2N2O5/c1-27-16-13(20)3-2-12(19)15(16)17(24)21-6-4-11(5-7-21)22-9-10(18(25)26)8-14(22)23/h2-3,10-11H,4-9H2,1H3,(H,25,26). The summed E-state index contributed by atoms with van der Waals surface area (Å²) in [6.07, 6.45) is 1.22. The van der Waals surface area contributed by atoms with Crippen LogP contribution in [0.2, 0.25) is 10.0 Å².